The molecule has 2 aromatic rings. The van der Waals surface area contributed by atoms with Gasteiger partial charge in [0, 0.05) is 41.6 Å². The van der Waals surface area contributed by atoms with Gasteiger partial charge in [0.25, 0.3) is 0 Å². The third-order valence-corrected chi connectivity index (χ3v) is 7.22. The Balaban J connectivity index is 1.40. The van der Waals surface area contributed by atoms with Gasteiger partial charge in [0.2, 0.25) is 0 Å². The maximum absolute atomic E-state index is 10.4. The van der Waals surface area contributed by atoms with Crippen LogP contribution in [0.5, 0.6) is 0 Å². The molecule has 2 fully saturated rings. The molecule has 5 nitrogen and oxygen atoms in total. The highest BCUT2D eigenvalue weighted by Crippen LogP contribution is 2.63. The minimum Gasteiger partial charge on any atom is -0.423 e. The van der Waals surface area contributed by atoms with Crippen LogP contribution in [0.3, 0.4) is 0 Å². The van der Waals surface area contributed by atoms with Gasteiger partial charge in [-0.1, -0.05) is 25.8 Å². The Labute approximate surface area is 152 Å². The van der Waals surface area contributed by atoms with Crippen LogP contribution in [0.4, 0.5) is 0 Å². The fourth-order valence-corrected chi connectivity index (χ4v) is 6.18. The number of H-pyrrole nitrogens is 1. The number of hydrogen-bond acceptors (Lipinski definition) is 5. The predicted octanol–water partition coefficient (Wildman–Crippen LogP) is 2.41. The third-order valence-electron chi connectivity index (χ3n) is 6.14. The molecule has 2 spiro atoms. The van der Waals surface area contributed by atoms with Crippen LogP contribution in [0.2, 0.25) is 0 Å². The van der Waals surface area contributed by atoms with Crippen molar-refractivity contribution in [3.8, 4) is 0 Å². The number of aromatic nitrogens is 2. The summed E-state index contributed by atoms with van der Waals surface area (Å²) in [7, 11) is -0.837. The third kappa shape index (κ3) is 2.40. The molecule has 0 unspecified atom stereocenters. The molecule has 1 saturated heterocycles. The monoisotopic (exact) mass is 357 g/mol. The number of piperidine rings is 1. The smallest absolute Gasteiger partial charge is 0.423 e. The average Bonchev–Trinajstić information content (AvgIpc) is 3.11. The first kappa shape index (κ1) is 16.2. The van der Waals surface area contributed by atoms with E-state index in [0.717, 1.165) is 42.4 Å². The van der Waals surface area contributed by atoms with Gasteiger partial charge in [0.1, 0.15) is 5.65 Å². The first-order valence-electron chi connectivity index (χ1n) is 9.24. The summed E-state index contributed by atoms with van der Waals surface area (Å²) >= 11 is 1.98. The number of nitrogens with zero attached hydrogens (tertiary/aromatic N) is 2. The molecule has 4 heterocycles. The van der Waals surface area contributed by atoms with Crippen molar-refractivity contribution in [3.63, 3.8) is 0 Å². The summed E-state index contributed by atoms with van der Waals surface area (Å²) in [5, 5.41) is 12.2. The summed E-state index contributed by atoms with van der Waals surface area (Å²) in [4.78, 5) is 7.61. The minimum absolute atomic E-state index is 0.314. The normalized spacial score (nSPS) is 24.4. The van der Waals surface area contributed by atoms with E-state index in [9.17, 15) is 5.02 Å². The lowest BCUT2D eigenvalue weighted by Crippen LogP contribution is -2.54. The molecular weight excluding hydrogens is 333 g/mol. The largest absolute Gasteiger partial charge is 0.493 e. The van der Waals surface area contributed by atoms with Crippen molar-refractivity contribution >= 4 is 35.6 Å². The maximum Gasteiger partial charge on any atom is 0.493 e. The van der Waals surface area contributed by atoms with Crippen LogP contribution < -0.4 is 5.46 Å². The van der Waals surface area contributed by atoms with Crippen LogP contribution in [0.25, 0.3) is 11.0 Å². The standard InChI is InChI=1S/C18H24BN3O2S/c1-12(2)25-22-7-4-17(5-8-22)10-18(11-17)15-13-3-6-20-16(13)21-9-14(15)19(23)24-18/h3,6,9,12,23H,4-5,7-8,10-11H2,1-2H3,(H,20,21). The minimum atomic E-state index is -0.837. The van der Waals surface area contributed by atoms with E-state index >= 15 is 0 Å². The van der Waals surface area contributed by atoms with E-state index in [2.05, 4.69) is 34.2 Å². The zero-order valence-electron chi connectivity index (χ0n) is 14.8. The Hall–Kier alpha value is -1.02. The van der Waals surface area contributed by atoms with Crippen LogP contribution in [0.1, 0.15) is 45.1 Å². The Morgan fingerprint density at radius 1 is 1.36 bits per heavy atom. The Morgan fingerprint density at radius 3 is 2.84 bits per heavy atom. The fourth-order valence-electron chi connectivity index (χ4n) is 5.19. The van der Waals surface area contributed by atoms with Crippen LogP contribution >= 0.6 is 11.9 Å². The van der Waals surface area contributed by atoms with Gasteiger partial charge in [-0.25, -0.2) is 4.98 Å². The summed E-state index contributed by atoms with van der Waals surface area (Å²) in [6.07, 6.45) is 8.20. The van der Waals surface area contributed by atoms with Crippen molar-refractivity contribution in [1.82, 2.24) is 14.3 Å². The van der Waals surface area contributed by atoms with Crippen LogP contribution in [-0.4, -0.2) is 44.8 Å². The van der Waals surface area contributed by atoms with Gasteiger partial charge in [0.15, 0.2) is 0 Å². The van der Waals surface area contributed by atoms with Gasteiger partial charge in [-0.05, 0) is 42.7 Å². The molecular formula is C18H24BN3O2S. The molecule has 0 amide bonds. The highest BCUT2D eigenvalue weighted by Gasteiger charge is 2.62. The Kier molecular flexibility index (Phi) is 3.55. The molecule has 1 saturated carbocycles. The molecule has 5 rings (SSSR count). The topological polar surface area (TPSA) is 61.4 Å². The number of pyridine rings is 1. The molecule has 2 N–H and O–H groups in total. The van der Waals surface area contributed by atoms with E-state index in [1.165, 1.54) is 18.4 Å². The van der Waals surface area contributed by atoms with Crippen LogP contribution in [0.15, 0.2) is 18.5 Å². The number of aromatic amines is 1. The maximum atomic E-state index is 10.4. The van der Waals surface area contributed by atoms with Crippen molar-refractivity contribution in [1.29, 1.82) is 0 Å². The number of fused-ring (bicyclic) bond motifs is 4. The van der Waals surface area contributed by atoms with E-state index in [0.29, 0.717) is 10.7 Å². The molecule has 25 heavy (non-hydrogen) atoms. The fraction of sp³-hybridized carbons (Fsp3) is 0.611. The summed E-state index contributed by atoms with van der Waals surface area (Å²) in [6.45, 7) is 6.83. The van der Waals surface area contributed by atoms with E-state index in [1.54, 1.807) is 6.20 Å². The molecule has 3 aliphatic rings. The van der Waals surface area contributed by atoms with Gasteiger partial charge in [-0.2, -0.15) is 0 Å². The molecule has 132 valence electrons. The molecule has 2 aliphatic heterocycles. The summed E-state index contributed by atoms with van der Waals surface area (Å²) in [5.74, 6) is 0. The van der Waals surface area contributed by atoms with Crippen molar-refractivity contribution in [2.24, 2.45) is 5.41 Å². The van der Waals surface area contributed by atoms with Gasteiger partial charge in [-0.15, -0.1) is 0 Å². The molecule has 0 aromatic carbocycles. The number of hydrogen-bond donors (Lipinski definition) is 2. The number of nitrogens with one attached hydrogen (secondary N) is 1. The van der Waals surface area contributed by atoms with Crippen LogP contribution in [0, 0.1) is 5.41 Å². The first-order valence-corrected chi connectivity index (χ1v) is 10.1. The van der Waals surface area contributed by atoms with Crippen molar-refractivity contribution in [2.75, 3.05) is 13.1 Å². The van der Waals surface area contributed by atoms with Gasteiger partial charge in [0.05, 0.1) is 5.60 Å². The quantitative estimate of drug-likeness (QED) is 0.639. The molecule has 7 heteroatoms. The summed E-state index contributed by atoms with van der Waals surface area (Å²) < 4.78 is 8.66. The van der Waals surface area contributed by atoms with E-state index < -0.39 is 7.12 Å². The second kappa shape index (κ2) is 5.49. The lowest BCUT2D eigenvalue weighted by atomic mass is 9.53. The van der Waals surface area contributed by atoms with Gasteiger partial charge >= 0.3 is 7.12 Å². The average molecular weight is 357 g/mol. The van der Waals surface area contributed by atoms with Crippen molar-refractivity contribution in [2.45, 2.75) is 50.4 Å². The summed E-state index contributed by atoms with van der Waals surface area (Å²) in [5.41, 5.74) is 2.98. The second-order valence-electron chi connectivity index (χ2n) is 8.23. The second-order valence-corrected chi connectivity index (χ2v) is 9.90. The molecule has 0 bridgehead atoms. The Bertz CT molecular complexity index is 808. The van der Waals surface area contributed by atoms with E-state index in [-0.39, 0.29) is 5.60 Å². The SMILES string of the molecule is CC(C)SN1CCC2(CC1)CC1(C2)OB(O)c2cnc3[nH]ccc3c21. The highest BCUT2D eigenvalue weighted by molar-refractivity contribution is 7.97. The zero-order valence-corrected chi connectivity index (χ0v) is 15.6. The van der Waals surface area contributed by atoms with Gasteiger partial charge in [-0.3, -0.25) is 4.31 Å². The Morgan fingerprint density at radius 2 is 2.12 bits per heavy atom. The first-order chi connectivity index (χ1) is 12.0. The summed E-state index contributed by atoms with van der Waals surface area (Å²) in [6, 6.07) is 2.07. The molecule has 2 aromatic heterocycles. The van der Waals surface area contributed by atoms with Crippen LogP contribution in [-0.2, 0) is 10.3 Å². The van der Waals surface area contributed by atoms with Gasteiger partial charge < -0.3 is 14.7 Å². The van der Waals surface area contributed by atoms with E-state index in [1.807, 2.05) is 18.1 Å². The molecule has 0 radical (unpaired) electrons. The zero-order chi connectivity index (χ0) is 17.2. The molecule has 1 aliphatic carbocycles. The molecule has 0 atom stereocenters. The number of rotatable bonds is 2. The van der Waals surface area contributed by atoms with Crippen molar-refractivity contribution < 1.29 is 9.68 Å². The lowest BCUT2D eigenvalue weighted by Gasteiger charge is -2.58. The van der Waals surface area contributed by atoms with Crippen molar-refractivity contribution in [3.05, 3.63) is 24.0 Å². The predicted molar refractivity (Wildman–Crippen MR) is 102 cm³/mol. The van der Waals surface area contributed by atoms with E-state index in [4.69, 9.17) is 4.65 Å². The lowest BCUT2D eigenvalue weighted by molar-refractivity contribution is -0.133. The highest BCUT2D eigenvalue weighted by atomic mass is 32.2.